The third-order valence-corrected chi connectivity index (χ3v) is 8.08. The van der Waals surface area contributed by atoms with Crippen molar-refractivity contribution < 1.29 is 13.2 Å². The maximum atomic E-state index is 13.1. The van der Waals surface area contributed by atoms with E-state index >= 15 is 0 Å². The Kier molecular flexibility index (Phi) is 5.96. The molecule has 2 aromatic rings. The van der Waals surface area contributed by atoms with E-state index in [1.807, 2.05) is 19.1 Å². The summed E-state index contributed by atoms with van der Waals surface area (Å²) in [7, 11) is -3.43. The molecule has 28 heavy (non-hydrogen) atoms. The summed E-state index contributed by atoms with van der Waals surface area (Å²) in [6.07, 6.45) is 4.39. The highest BCUT2D eigenvalue weighted by Crippen LogP contribution is 2.26. The van der Waals surface area contributed by atoms with E-state index in [4.69, 9.17) is 4.74 Å². The summed E-state index contributed by atoms with van der Waals surface area (Å²) in [4.78, 5) is 2.65. The van der Waals surface area contributed by atoms with Gasteiger partial charge in [0.15, 0.2) is 0 Å². The summed E-state index contributed by atoms with van der Waals surface area (Å²) in [5, 5.41) is 9.66. The van der Waals surface area contributed by atoms with Gasteiger partial charge in [-0.1, -0.05) is 17.4 Å². The number of sulfonamides is 1. The maximum absolute atomic E-state index is 13.1. The van der Waals surface area contributed by atoms with E-state index in [1.54, 1.807) is 10.4 Å². The van der Waals surface area contributed by atoms with Crippen LogP contribution in [0.25, 0.3) is 0 Å². The second kappa shape index (κ2) is 8.44. The van der Waals surface area contributed by atoms with Crippen LogP contribution < -0.4 is 4.74 Å². The normalized spacial score (nSPS) is 18.8. The minimum Gasteiger partial charge on any atom is -0.469 e. The van der Waals surface area contributed by atoms with Crippen LogP contribution in [0.1, 0.15) is 35.9 Å². The number of hydrogen-bond donors (Lipinski definition) is 0. The molecular formula is C19H26N4O3S2. The third kappa shape index (κ3) is 4.22. The smallest absolute Gasteiger partial charge is 0.294 e. The van der Waals surface area contributed by atoms with E-state index in [1.165, 1.54) is 28.9 Å². The fourth-order valence-corrected chi connectivity index (χ4v) is 6.08. The van der Waals surface area contributed by atoms with E-state index in [9.17, 15) is 8.42 Å². The predicted octanol–water partition coefficient (Wildman–Crippen LogP) is 2.32. The standard InChI is InChI=1S/C19H26N4O3S2/c1-2-26-19-21-20-18(27-19)14-22-9-11-23(12-10-22)28(24,25)17-8-7-15-5-3-4-6-16(15)13-17/h7-8,13H,2-6,9-12,14H2,1H3. The number of ether oxygens (including phenoxy) is 1. The van der Waals surface area contributed by atoms with Gasteiger partial charge in [-0.05, 0) is 55.9 Å². The van der Waals surface area contributed by atoms with Crippen molar-refractivity contribution in [1.29, 1.82) is 0 Å². The fourth-order valence-electron chi connectivity index (χ4n) is 3.82. The quantitative estimate of drug-likeness (QED) is 0.711. The number of benzene rings is 1. The lowest BCUT2D eigenvalue weighted by Gasteiger charge is -2.33. The topological polar surface area (TPSA) is 75.6 Å². The molecular weight excluding hydrogens is 396 g/mol. The monoisotopic (exact) mass is 422 g/mol. The highest BCUT2D eigenvalue weighted by atomic mass is 32.2. The van der Waals surface area contributed by atoms with E-state index in [0.717, 1.165) is 24.3 Å². The molecule has 4 rings (SSSR count). The Morgan fingerprint density at radius 3 is 2.57 bits per heavy atom. The lowest BCUT2D eigenvalue weighted by Crippen LogP contribution is -2.48. The molecule has 0 spiro atoms. The maximum Gasteiger partial charge on any atom is 0.294 e. The van der Waals surface area contributed by atoms with Crippen molar-refractivity contribution in [1.82, 2.24) is 19.4 Å². The van der Waals surface area contributed by atoms with E-state index in [2.05, 4.69) is 15.1 Å². The Bertz CT molecular complexity index is 921. The van der Waals surface area contributed by atoms with Crippen LogP contribution in [-0.4, -0.2) is 60.6 Å². The van der Waals surface area contributed by atoms with Crippen molar-refractivity contribution >= 4 is 21.4 Å². The number of fused-ring (bicyclic) bond motifs is 1. The van der Waals surface area contributed by atoms with Crippen molar-refractivity contribution in [3.63, 3.8) is 0 Å². The van der Waals surface area contributed by atoms with Crippen LogP contribution in [0.15, 0.2) is 23.1 Å². The highest BCUT2D eigenvalue weighted by molar-refractivity contribution is 7.89. The van der Waals surface area contributed by atoms with Gasteiger partial charge < -0.3 is 4.74 Å². The molecule has 2 aliphatic rings. The van der Waals surface area contributed by atoms with Crippen molar-refractivity contribution in [2.24, 2.45) is 0 Å². The summed E-state index contributed by atoms with van der Waals surface area (Å²) in [6.45, 7) is 5.54. The van der Waals surface area contributed by atoms with Crippen molar-refractivity contribution in [2.75, 3.05) is 32.8 Å². The summed E-state index contributed by atoms with van der Waals surface area (Å²) in [5.74, 6) is 0. The molecule has 0 N–H and O–H groups in total. The van der Waals surface area contributed by atoms with Crippen LogP contribution >= 0.6 is 11.3 Å². The van der Waals surface area contributed by atoms with Gasteiger partial charge in [0.25, 0.3) is 5.19 Å². The average molecular weight is 423 g/mol. The molecule has 0 unspecified atom stereocenters. The minimum absolute atomic E-state index is 0.437. The van der Waals surface area contributed by atoms with Crippen LogP contribution in [0.4, 0.5) is 0 Å². The lowest BCUT2D eigenvalue weighted by molar-refractivity contribution is 0.181. The first-order chi connectivity index (χ1) is 13.6. The van der Waals surface area contributed by atoms with E-state index in [-0.39, 0.29) is 0 Å². The number of rotatable bonds is 6. The number of piperazine rings is 1. The van der Waals surface area contributed by atoms with Gasteiger partial charge >= 0.3 is 0 Å². The molecule has 0 atom stereocenters. The first-order valence-electron chi connectivity index (χ1n) is 9.86. The molecule has 1 aliphatic heterocycles. The zero-order chi connectivity index (χ0) is 19.6. The average Bonchev–Trinajstić information content (AvgIpc) is 3.15. The molecule has 1 aliphatic carbocycles. The number of nitrogens with zero attached hydrogens (tertiary/aromatic N) is 4. The van der Waals surface area contributed by atoms with Crippen molar-refractivity contribution in [2.45, 2.75) is 44.0 Å². The Balaban J connectivity index is 1.38. The van der Waals surface area contributed by atoms with Crippen LogP contribution in [0.2, 0.25) is 0 Å². The molecule has 0 saturated carbocycles. The third-order valence-electron chi connectivity index (χ3n) is 5.36. The van der Waals surface area contributed by atoms with Crippen molar-refractivity contribution in [3.05, 3.63) is 34.3 Å². The second-order valence-electron chi connectivity index (χ2n) is 7.21. The molecule has 2 heterocycles. The molecule has 1 aromatic carbocycles. The van der Waals surface area contributed by atoms with Gasteiger partial charge in [-0.25, -0.2) is 8.42 Å². The lowest BCUT2D eigenvalue weighted by atomic mass is 9.92. The summed E-state index contributed by atoms with van der Waals surface area (Å²) in [5.41, 5.74) is 2.51. The van der Waals surface area contributed by atoms with Gasteiger partial charge in [-0.3, -0.25) is 4.90 Å². The second-order valence-corrected chi connectivity index (χ2v) is 10.2. The Labute approximate surface area is 170 Å². The van der Waals surface area contributed by atoms with Crippen LogP contribution in [0.3, 0.4) is 0 Å². The Morgan fingerprint density at radius 1 is 1.07 bits per heavy atom. The van der Waals surface area contributed by atoms with Gasteiger partial charge in [-0.2, -0.15) is 4.31 Å². The molecule has 0 bridgehead atoms. The number of hydrogen-bond acceptors (Lipinski definition) is 7. The first kappa shape index (κ1) is 19.8. The van der Waals surface area contributed by atoms with Crippen LogP contribution in [-0.2, 0) is 29.4 Å². The van der Waals surface area contributed by atoms with Gasteiger partial charge in [0, 0.05) is 26.2 Å². The summed E-state index contributed by atoms with van der Waals surface area (Å²) in [6, 6.07) is 5.68. The SMILES string of the molecule is CCOc1nnc(CN2CCN(S(=O)(=O)c3ccc4c(c3)CCCC4)CC2)s1. The minimum atomic E-state index is -3.43. The highest BCUT2D eigenvalue weighted by Gasteiger charge is 2.29. The molecule has 9 heteroatoms. The fraction of sp³-hybridized carbons (Fsp3) is 0.579. The molecule has 1 fully saturated rings. The number of aryl methyl sites for hydroxylation is 2. The number of aromatic nitrogens is 2. The Hall–Kier alpha value is -1.55. The summed E-state index contributed by atoms with van der Waals surface area (Å²) >= 11 is 1.45. The molecule has 7 nitrogen and oxygen atoms in total. The zero-order valence-corrected chi connectivity index (χ0v) is 17.8. The molecule has 1 saturated heterocycles. The van der Waals surface area contributed by atoms with E-state index < -0.39 is 10.0 Å². The molecule has 0 radical (unpaired) electrons. The zero-order valence-electron chi connectivity index (χ0n) is 16.1. The summed E-state index contributed by atoms with van der Waals surface area (Å²) < 4.78 is 33.1. The van der Waals surface area contributed by atoms with Crippen LogP contribution in [0.5, 0.6) is 5.19 Å². The van der Waals surface area contributed by atoms with E-state index in [0.29, 0.717) is 49.4 Å². The van der Waals surface area contributed by atoms with Gasteiger partial charge in [0.2, 0.25) is 10.0 Å². The predicted molar refractivity (Wildman–Crippen MR) is 108 cm³/mol. The largest absolute Gasteiger partial charge is 0.469 e. The van der Waals surface area contributed by atoms with Crippen LogP contribution in [0, 0.1) is 0 Å². The molecule has 152 valence electrons. The van der Waals surface area contributed by atoms with Gasteiger partial charge in [0.1, 0.15) is 5.01 Å². The van der Waals surface area contributed by atoms with Gasteiger partial charge in [0.05, 0.1) is 18.0 Å². The van der Waals surface area contributed by atoms with Crippen molar-refractivity contribution in [3.8, 4) is 5.19 Å². The molecule has 0 amide bonds. The Morgan fingerprint density at radius 2 is 1.82 bits per heavy atom. The van der Waals surface area contributed by atoms with Gasteiger partial charge in [-0.15, -0.1) is 10.2 Å². The molecule has 1 aromatic heterocycles. The first-order valence-corrected chi connectivity index (χ1v) is 12.1.